The van der Waals surface area contributed by atoms with Crippen molar-refractivity contribution in [2.75, 3.05) is 0 Å². The number of halogens is 1. The molecule has 0 aliphatic carbocycles. The van der Waals surface area contributed by atoms with E-state index in [1.807, 2.05) is 0 Å². The van der Waals surface area contributed by atoms with Gasteiger partial charge in [0.15, 0.2) is 0 Å². The van der Waals surface area contributed by atoms with Crippen LogP contribution in [0.5, 0.6) is 0 Å². The SMILES string of the molecule is [2H]C([2H])([C@H](C)NC(=O)c1cc(C([2H])(O)C([2H])([2H])[2H])[nH]n1)n1ccc(-c2ccc([N+]#[C-])c(Cl)c2)n1. The molecule has 8 nitrogen and oxygen atoms in total. The number of aliphatic hydroxyl groups is 1. The molecule has 1 amide bonds. The first-order valence-electron chi connectivity index (χ1n) is 11.0. The lowest BCUT2D eigenvalue weighted by molar-refractivity contribution is 0.0931. The number of carbonyl (C=O) groups excluding carboxylic acids is 1. The van der Waals surface area contributed by atoms with Crippen molar-refractivity contribution in [3.8, 4) is 11.3 Å². The fourth-order valence-corrected chi connectivity index (χ4v) is 2.59. The summed E-state index contributed by atoms with van der Waals surface area (Å²) in [5, 5.41) is 22.6. The van der Waals surface area contributed by atoms with E-state index in [4.69, 9.17) is 26.4 Å². The maximum atomic E-state index is 12.5. The standard InChI is InChI=1S/C19H19ClN6O2/c1-11(22-19(28)18-9-17(12(2)27)23-24-18)10-26-7-6-15(25-26)13-4-5-16(21-3)14(20)8-13/h4-9,11-12,27H,10H2,1-2H3,(H,22,28)(H,23,24)/t11-,12?/m0/s1/i2D3,10D2,12D. The Balaban J connectivity index is 1.77. The van der Waals surface area contributed by atoms with Crippen molar-refractivity contribution in [2.45, 2.75) is 32.4 Å². The minimum atomic E-state index is -3.09. The van der Waals surface area contributed by atoms with E-state index in [1.54, 1.807) is 18.2 Å². The number of nitrogens with one attached hydrogen (secondary N) is 2. The van der Waals surface area contributed by atoms with Gasteiger partial charge in [0.25, 0.3) is 5.91 Å². The largest absolute Gasteiger partial charge is 0.387 e. The summed E-state index contributed by atoms with van der Waals surface area (Å²) in [5.41, 5.74) is 0.416. The molecule has 3 rings (SSSR count). The molecule has 2 aromatic heterocycles. The van der Waals surface area contributed by atoms with Gasteiger partial charge in [-0.2, -0.15) is 10.2 Å². The number of hydrogen-bond acceptors (Lipinski definition) is 4. The highest BCUT2D eigenvalue weighted by molar-refractivity contribution is 6.33. The zero-order chi connectivity index (χ0) is 25.5. The van der Waals surface area contributed by atoms with Crippen LogP contribution in [0, 0.1) is 6.57 Å². The van der Waals surface area contributed by atoms with Crippen molar-refractivity contribution in [3.63, 3.8) is 0 Å². The molecule has 3 N–H and O–H groups in total. The molecule has 0 spiro atoms. The van der Waals surface area contributed by atoms with Crippen LogP contribution in [0.25, 0.3) is 16.1 Å². The molecule has 2 atom stereocenters. The molecular weight excluding hydrogens is 380 g/mol. The van der Waals surface area contributed by atoms with Gasteiger partial charge in [0.05, 0.1) is 34.6 Å². The van der Waals surface area contributed by atoms with Gasteiger partial charge in [-0.1, -0.05) is 23.7 Å². The van der Waals surface area contributed by atoms with Gasteiger partial charge in [-0.25, -0.2) is 4.85 Å². The van der Waals surface area contributed by atoms with Crippen LogP contribution in [0.1, 0.15) is 44.3 Å². The van der Waals surface area contributed by atoms with Gasteiger partial charge in [0.2, 0.25) is 5.69 Å². The molecule has 0 fully saturated rings. The zero-order valence-corrected chi connectivity index (χ0v) is 15.3. The number of nitrogens with zero attached hydrogens (tertiary/aromatic N) is 4. The van der Waals surface area contributed by atoms with Gasteiger partial charge in [-0.05, 0) is 32.0 Å². The van der Waals surface area contributed by atoms with E-state index < -0.39 is 37.1 Å². The lowest BCUT2D eigenvalue weighted by atomic mass is 10.1. The Kier molecular flexibility index (Phi) is 3.86. The summed E-state index contributed by atoms with van der Waals surface area (Å²) in [6.45, 7) is 3.17. The first kappa shape index (κ1) is 13.1. The van der Waals surface area contributed by atoms with Crippen LogP contribution in [0.3, 0.4) is 0 Å². The molecule has 1 aromatic carbocycles. The quantitative estimate of drug-likeness (QED) is 0.548. The van der Waals surface area contributed by atoms with E-state index in [9.17, 15) is 9.90 Å². The van der Waals surface area contributed by atoms with E-state index in [0.29, 0.717) is 11.3 Å². The predicted octanol–water partition coefficient (Wildman–Crippen LogP) is 3.35. The first-order valence-corrected chi connectivity index (χ1v) is 8.39. The minimum absolute atomic E-state index is 0.238. The summed E-state index contributed by atoms with van der Waals surface area (Å²) in [7, 11) is 0. The molecule has 9 heteroatoms. The van der Waals surface area contributed by atoms with Crippen LogP contribution < -0.4 is 5.32 Å². The van der Waals surface area contributed by atoms with Crippen LogP contribution in [0.4, 0.5) is 5.69 Å². The third-order valence-corrected chi connectivity index (χ3v) is 3.99. The van der Waals surface area contributed by atoms with E-state index in [0.717, 1.165) is 10.7 Å². The molecule has 3 aromatic rings. The van der Waals surface area contributed by atoms with Crippen LogP contribution in [0.15, 0.2) is 36.5 Å². The second-order valence-corrected chi connectivity index (χ2v) is 6.17. The molecule has 0 aliphatic heterocycles. The second-order valence-electron chi connectivity index (χ2n) is 5.76. The van der Waals surface area contributed by atoms with Crippen LogP contribution >= 0.6 is 11.6 Å². The second kappa shape index (κ2) is 8.25. The monoisotopic (exact) mass is 404 g/mol. The Morgan fingerprint density at radius 3 is 3.11 bits per heavy atom. The third kappa shape index (κ3) is 4.39. The van der Waals surface area contributed by atoms with Crippen molar-refractivity contribution in [1.82, 2.24) is 25.3 Å². The Hall–Kier alpha value is -3.15. The van der Waals surface area contributed by atoms with Crippen molar-refractivity contribution in [2.24, 2.45) is 0 Å². The third-order valence-electron chi connectivity index (χ3n) is 3.69. The smallest absolute Gasteiger partial charge is 0.272 e. The lowest BCUT2D eigenvalue weighted by Crippen LogP contribution is -2.36. The van der Waals surface area contributed by atoms with Gasteiger partial charge in [0, 0.05) is 26.9 Å². The van der Waals surface area contributed by atoms with E-state index in [1.165, 1.54) is 19.2 Å². The summed E-state index contributed by atoms with van der Waals surface area (Å²) < 4.78 is 47.2. The number of hydrogen-bond donors (Lipinski definition) is 3. The van der Waals surface area contributed by atoms with Crippen molar-refractivity contribution in [3.05, 3.63) is 64.4 Å². The van der Waals surface area contributed by atoms with Gasteiger partial charge >= 0.3 is 0 Å². The van der Waals surface area contributed by atoms with Gasteiger partial charge in [0.1, 0.15) is 5.69 Å². The highest BCUT2D eigenvalue weighted by atomic mass is 35.5. The summed E-state index contributed by atoms with van der Waals surface area (Å²) in [5.74, 6) is -0.853. The average molecular weight is 405 g/mol. The fourth-order valence-electron chi connectivity index (χ4n) is 2.37. The number of rotatable bonds is 6. The topological polar surface area (TPSA) is 100 Å². The number of H-pyrrole nitrogens is 1. The Labute approximate surface area is 175 Å². The molecule has 0 aliphatic rings. The van der Waals surface area contributed by atoms with Crippen LogP contribution in [-0.2, 0) is 6.50 Å². The molecule has 144 valence electrons. The maximum Gasteiger partial charge on any atom is 0.272 e. The highest BCUT2D eigenvalue weighted by Gasteiger charge is 2.16. The van der Waals surface area contributed by atoms with Crippen molar-refractivity contribution >= 4 is 23.2 Å². The maximum absolute atomic E-state index is 12.5. The van der Waals surface area contributed by atoms with Crippen LogP contribution in [-0.4, -0.2) is 37.0 Å². The highest BCUT2D eigenvalue weighted by Crippen LogP contribution is 2.29. The number of aromatic amines is 1. The molecule has 0 bridgehead atoms. The Morgan fingerprint density at radius 2 is 2.39 bits per heavy atom. The summed E-state index contributed by atoms with van der Waals surface area (Å²) in [6.07, 6.45) is -1.61. The number of carbonyl (C=O) groups is 1. The predicted molar refractivity (Wildman–Crippen MR) is 105 cm³/mol. The first-order chi connectivity index (χ1) is 15.7. The molecule has 0 saturated carbocycles. The molecule has 2 heterocycles. The molecule has 28 heavy (non-hydrogen) atoms. The number of aromatic nitrogens is 4. The zero-order valence-electron chi connectivity index (χ0n) is 20.6. The van der Waals surface area contributed by atoms with E-state index in [2.05, 4.69) is 25.5 Å². The van der Waals surface area contributed by atoms with Crippen molar-refractivity contribution in [1.29, 1.82) is 0 Å². The minimum Gasteiger partial charge on any atom is -0.387 e. The fraction of sp³-hybridized carbons (Fsp3) is 0.263. The van der Waals surface area contributed by atoms with E-state index in [-0.39, 0.29) is 16.4 Å². The number of benzene rings is 1. The van der Waals surface area contributed by atoms with Gasteiger partial charge < -0.3 is 10.4 Å². The molecule has 1 unspecified atom stereocenters. The van der Waals surface area contributed by atoms with E-state index >= 15 is 0 Å². The molecule has 0 saturated heterocycles. The Bertz CT molecular complexity index is 1260. The summed E-state index contributed by atoms with van der Waals surface area (Å²) >= 11 is 6.06. The average Bonchev–Trinajstić information content (AvgIpc) is 3.43. The Morgan fingerprint density at radius 1 is 1.57 bits per heavy atom. The number of amides is 1. The van der Waals surface area contributed by atoms with Gasteiger partial charge in [-0.3, -0.25) is 14.6 Å². The summed E-state index contributed by atoms with van der Waals surface area (Å²) in [4.78, 5) is 15.8. The molecule has 0 radical (unpaired) electrons. The van der Waals surface area contributed by atoms with Crippen LogP contribution in [0.2, 0.25) is 5.02 Å². The van der Waals surface area contributed by atoms with Crippen molar-refractivity contribution < 1.29 is 18.1 Å². The summed E-state index contributed by atoms with van der Waals surface area (Å²) in [6, 6.07) is 6.06. The normalized spacial score (nSPS) is 18.2. The molecular formula is C19H19ClN6O2. The van der Waals surface area contributed by atoms with Gasteiger partial charge in [-0.15, -0.1) is 0 Å². The lowest BCUT2D eigenvalue weighted by Gasteiger charge is -2.13.